The number of aromatic hydroxyl groups is 1. The zero-order valence-corrected chi connectivity index (χ0v) is 19.5. The largest absolute Gasteiger partial charge is 0.506 e. The molecule has 2 heterocycles. The van der Waals surface area contributed by atoms with E-state index < -0.39 is 23.6 Å². The molecule has 0 aliphatic carbocycles. The average Bonchev–Trinajstić information content (AvgIpc) is 2.88. The first-order chi connectivity index (χ1) is 17.3. The van der Waals surface area contributed by atoms with Crippen molar-refractivity contribution in [3.8, 4) is 5.75 Å². The predicted molar refractivity (Wildman–Crippen MR) is 135 cm³/mol. The van der Waals surface area contributed by atoms with Crippen LogP contribution in [0.4, 0.5) is 11.4 Å². The molecule has 2 aliphatic heterocycles. The molecule has 0 bridgehead atoms. The maximum Gasteiger partial charge on any atom is 0.266 e. The molecule has 0 radical (unpaired) electrons. The number of phenols is 1. The Hall–Kier alpha value is -4.78. The van der Waals surface area contributed by atoms with Gasteiger partial charge in [-0.3, -0.25) is 19.2 Å². The summed E-state index contributed by atoms with van der Waals surface area (Å²) in [6, 6.07) is 17.8. The summed E-state index contributed by atoms with van der Waals surface area (Å²) in [6.07, 6.45) is 0.638. The molecule has 0 fully saturated rings. The number of hydrogen-bond donors (Lipinski definition) is 1. The van der Waals surface area contributed by atoms with Crippen LogP contribution in [0.25, 0.3) is 10.8 Å². The fourth-order valence-corrected chi connectivity index (χ4v) is 5.27. The number of para-hydroxylation sites is 3. The van der Waals surface area contributed by atoms with Gasteiger partial charge in [0, 0.05) is 33.0 Å². The molecule has 4 amide bonds. The number of rotatable bonds is 3. The van der Waals surface area contributed by atoms with Crippen LogP contribution in [-0.2, 0) is 6.42 Å². The molecule has 4 aromatic rings. The Bertz CT molecular complexity index is 1620. The summed E-state index contributed by atoms with van der Waals surface area (Å²) >= 11 is 0. The van der Waals surface area contributed by atoms with Gasteiger partial charge in [0.15, 0.2) is 0 Å². The molecular weight excluding hydrogens is 456 g/mol. The van der Waals surface area contributed by atoms with Gasteiger partial charge in [-0.25, -0.2) is 9.80 Å². The van der Waals surface area contributed by atoms with Crippen LogP contribution in [0.3, 0.4) is 0 Å². The second kappa shape index (κ2) is 7.61. The molecule has 0 spiro atoms. The van der Waals surface area contributed by atoms with Gasteiger partial charge in [0.25, 0.3) is 23.6 Å². The normalized spacial score (nSPS) is 14.7. The Morgan fingerprint density at radius 2 is 1.14 bits per heavy atom. The Balaban J connectivity index is 1.58. The number of phenolic OH excluding ortho intramolecular Hbond substituents is 1. The van der Waals surface area contributed by atoms with Gasteiger partial charge in [0.05, 0.1) is 11.4 Å². The monoisotopic (exact) mass is 476 g/mol. The number of nitrogens with zero attached hydrogens (tertiary/aromatic N) is 2. The van der Waals surface area contributed by atoms with E-state index in [-0.39, 0.29) is 39.1 Å². The van der Waals surface area contributed by atoms with Crippen molar-refractivity contribution < 1.29 is 24.3 Å². The van der Waals surface area contributed by atoms with Crippen molar-refractivity contribution in [1.82, 2.24) is 0 Å². The summed E-state index contributed by atoms with van der Waals surface area (Å²) in [4.78, 5) is 56.6. The van der Waals surface area contributed by atoms with Crippen molar-refractivity contribution in [2.45, 2.75) is 20.3 Å². The van der Waals surface area contributed by atoms with Crippen LogP contribution in [0.15, 0.2) is 66.7 Å². The number of anilines is 2. The van der Waals surface area contributed by atoms with Crippen molar-refractivity contribution in [1.29, 1.82) is 0 Å². The third-order valence-electron chi connectivity index (χ3n) is 6.94. The van der Waals surface area contributed by atoms with Crippen molar-refractivity contribution in [2.75, 3.05) is 9.80 Å². The Morgan fingerprint density at radius 1 is 0.639 bits per heavy atom. The van der Waals surface area contributed by atoms with E-state index in [1.54, 1.807) is 12.1 Å². The molecule has 1 N–H and O–H groups in total. The highest BCUT2D eigenvalue weighted by atomic mass is 16.3. The molecule has 0 saturated carbocycles. The maximum atomic E-state index is 13.7. The molecule has 7 nitrogen and oxygen atoms in total. The first-order valence-corrected chi connectivity index (χ1v) is 11.6. The summed E-state index contributed by atoms with van der Waals surface area (Å²) in [5.41, 5.74) is 3.19. The molecule has 0 unspecified atom stereocenters. The number of imide groups is 2. The quantitative estimate of drug-likeness (QED) is 0.419. The van der Waals surface area contributed by atoms with Gasteiger partial charge in [-0.2, -0.15) is 0 Å². The van der Waals surface area contributed by atoms with Crippen molar-refractivity contribution in [3.05, 3.63) is 100 Å². The summed E-state index contributed by atoms with van der Waals surface area (Å²) in [7, 11) is 0. The van der Waals surface area contributed by atoms with Crippen LogP contribution in [0, 0.1) is 6.92 Å². The van der Waals surface area contributed by atoms with Gasteiger partial charge in [-0.15, -0.1) is 0 Å². The minimum atomic E-state index is -0.632. The summed E-state index contributed by atoms with van der Waals surface area (Å²) in [5, 5.41) is 10.9. The lowest BCUT2D eigenvalue weighted by molar-refractivity contribution is 0.0872. The van der Waals surface area contributed by atoms with Crippen LogP contribution in [0.5, 0.6) is 5.75 Å². The van der Waals surface area contributed by atoms with E-state index >= 15 is 0 Å². The standard InChI is InChI=1S/C29H20N2O5/c1-3-16-8-6-7-15(2)25(16)31-28(35)19-13-11-17-23-18(12-14-20(24(19)23)29(31)36)27(34)30(26(17)33)21-9-4-5-10-22(21)32/h4-14,32H,3H2,1-2H3. The minimum Gasteiger partial charge on any atom is -0.506 e. The summed E-state index contributed by atoms with van der Waals surface area (Å²) < 4.78 is 0. The fourth-order valence-electron chi connectivity index (χ4n) is 5.27. The fraction of sp³-hybridized carbons (Fsp3) is 0.103. The van der Waals surface area contributed by atoms with E-state index in [0.717, 1.165) is 16.0 Å². The lowest BCUT2D eigenvalue weighted by Crippen LogP contribution is -2.44. The van der Waals surface area contributed by atoms with Crippen LogP contribution in [-0.4, -0.2) is 28.7 Å². The maximum absolute atomic E-state index is 13.7. The van der Waals surface area contributed by atoms with Crippen LogP contribution in [0.2, 0.25) is 0 Å². The molecule has 0 saturated heterocycles. The van der Waals surface area contributed by atoms with E-state index in [1.807, 2.05) is 32.0 Å². The SMILES string of the molecule is CCc1cccc(C)c1N1C(=O)c2ccc3c4c(ccc(c24)C1=O)C(=O)N(c1ccccc1O)C3=O. The number of amides is 4. The number of benzene rings is 4. The Morgan fingerprint density at radius 3 is 1.64 bits per heavy atom. The average molecular weight is 476 g/mol. The molecule has 0 atom stereocenters. The van der Waals surface area contributed by atoms with Gasteiger partial charge in [0.1, 0.15) is 5.75 Å². The van der Waals surface area contributed by atoms with Gasteiger partial charge in [-0.1, -0.05) is 37.3 Å². The third-order valence-corrected chi connectivity index (χ3v) is 6.94. The topological polar surface area (TPSA) is 95.0 Å². The van der Waals surface area contributed by atoms with Gasteiger partial charge in [0.2, 0.25) is 0 Å². The third kappa shape index (κ3) is 2.74. The van der Waals surface area contributed by atoms with Crippen molar-refractivity contribution in [2.24, 2.45) is 0 Å². The predicted octanol–water partition coefficient (Wildman–Crippen LogP) is 5.02. The van der Waals surface area contributed by atoms with E-state index in [9.17, 15) is 24.3 Å². The highest BCUT2D eigenvalue weighted by molar-refractivity contribution is 6.42. The molecule has 0 aromatic heterocycles. The minimum absolute atomic E-state index is 0.0662. The number of carbonyl (C=O) groups is 4. The summed E-state index contributed by atoms with van der Waals surface area (Å²) in [6.45, 7) is 3.82. The number of aryl methyl sites for hydroxylation is 2. The lowest BCUT2D eigenvalue weighted by atomic mass is 9.85. The van der Waals surface area contributed by atoms with Crippen LogP contribution >= 0.6 is 0 Å². The Kier molecular flexibility index (Phi) is 4.60. The molecule has 4 aromatic carbocycles. The van der Waals surface area contributed by atoms with Gasteiger partial charge < -0.3 is 5.11 Å². The molecular formula is C29H20N2O5. The highest BCUT2D eigenvalue weighted by Crippen LogP contribution is 2.42. The Labute approximate surface area is 206 Å². The number of carbonyl (C=O) groups excluding carboxylic acids is 4. The first-order valence-electron chi connectivity index (χ1n) is 11.6. The van der Waals surface area contributed by atoms with Gasteiger partial charge in [-0.05, 0) is 60.9 Å². The second-order valence-electron chi connectivity index (χ2n) is 8.89. The van der Waals surface area contributed by atoms with Crippen LogP contribution < -0.4 is 9.80 Å². The van der Waals surface area contributed by atoms with Crippen molar-refractivity contribution in [3.63, 3.8) is 0 Å². The molecule has 6 rings (SSSR count). The van der Waals surface area contributed by atoms with E-state index in [1.165, 1.54) is 41.3 Å². The molecule has 2 aliphatic rings. The lowest BCUT2D eigenvalue weighted by Gasteiger charge is -2.33. The van der Waals surface area contributed by atoms with E-state index in [4.69, 9.17) is 0 Å². The van der Waals surface area contributed by atoms with E-state index in [0.29, 0.717) is 17.5 Å². The zero-order valence-electron chi connectivity index (χ0n) is 19.5. The van der Waals surface area contributed by atoms with Crippen molar-refractivity contribution >= 4 is 45.8 Å². The van der Waals surface area contributed by atoms with Gasteiger partial charge >= 0.3 is 0 Å². The molecule has 176 valence electrons. The highest BCUT2D eigenvalue weighted by Gasteiger charge is 2.41. The smallest absolute Gasteiger partial charge is 0.266 e. The number of hydrogen-bond acceptors (Lipinski definition) is 5. The summed E-state index contributed by atoms with van der Waals surface area (Å²) in [5.74, 6) is -2.47. The first kappa shape index (κ1) is 21.7. The van der Waals surface area contributed by atoms with E-state index in [2.05, 4.69) is 0 Å². The second-order valence-corrected chi connectivity index (χ2v) is 8.89. The molecule has 7 heteroatoms. The molecule has 36 heavy (non-hydrogen) atoms. The van der Waals surface area contributed by atoms with Crippen LogP contribution in [0.1, 0.15) is 59.5 Å². The zero-order chi connectivity index (χ0) is 25.3.